The summed E-state index contributed by atoms with van der Waals surface area (Å²) >= 11 is 0. The lowest BCUT2D eigenvalue weighted by molar-refractivity contribution is -0.131. The summed E-state index contributed by atoms with van der Waals surface area (Å²) in [6.45, 7) is 7.75. The minimum atomic E-state index is -0.0288. The first-order valence-corrected chi connectivity index (χ1v) is 7.17. The summed E-state index contributed by atoms with van der Waals surface area (Å²) in [5, 5.41) is 2.87. The summed E-state index contributed by atoms with van der Waals surface area (Å²) in [5.41, 5.74) is 5.73. The van der Waals surface area contributed by atoms with Crippen LogP contribution in [0.3, 0.4) is 0 Å². The average Bonchev–Trinajstić information content (AvgIpc) is 2.75. The van der Waals surface area contributed by atoms with Crippen molar-refractivity contribution in [1.82, 2.24) is 10.2 Å². The highest BCUT2D eigenvalue weighted by Gasteiger charge is 2.27. The number of likely N-dealkylation sites (tertiary alicyclic amines) is 1. The molecule has 1 aliphatic rings. The van der Waals surface area contributed by atoms with Gasteiger partial charge < -0.3 is 16.0 Å². The van der Waals surface area contributed by atoms with Crippen molar-refractivity contribution in [2.24, 2.45) is 17.6 Å². The Balaban J connectivity index is 2.39. The SMILES string of the molecule is CC(=O)NC1CCN(C(=O)C[C@@H](CN)CC(C)C)C1. The molecule has 1 fully saturated rings. The normalized spacial score (nSPS) is 20.7. The Hall–Kier alpha value is -1.10. The summed E-state index contributed by atoms with van der Waals surface area (Å²) in [6, 6.07) is 0.114. The van der Waals surface area contributed by atoms with E-state index in [1.54, 1.807) is 0 Å². The van der Waals surface area contributed by atoms with E-state index in [1.165, 1.54) is 6.92 Å². The fraction of sp³-hybridized carbons (Fsp3) is 0.857. The lowest BCUT2D eigenvalue weighted by Gasteiger charge is -2.21. The molecule has 0 radical (unpaired) electrons. The standard InChI is InChI=1S/C14H27N3O2/c1-10(2)6-12(8-15)7-14(19)17-5-4-13(9-17)16-11(3)18/h10,12-13H,4-9,15H2,1-3H3,(H,16,18)/t12-,13?/m0/s1. The van der Waals surface area contributed by atoms with Crippen LogP contribution in [-0.2, 0) is 9.59 Å². The smallest absolute Gasteiger partial charge is 0.222 e. The van der Waals surface area contributed by atoms with E-state index >= 15 is 0 Å². The first-order valence-electron chi connectivity index (χ1n) is 7.17. The number of hydrogen-bond acceptors (Lipinski definition) is 3. The Morgan fingerprint density at radius 1 is 1.42 bits per heavy atom. The summed E-state index contributed by atoms with van der Waals surface area (Å²) < 4.78 is 0. The Morgan fingerprint density at radius 3 is 2.63 bits per heavy atom. The van der Waals surface area contributed by atoms with Gasteiger partial charge in [0.25, 0.3) is 0 Å². The van der Waals surface area contributed by atoms with E-state index in [2.05, 4.69) is 19.2 Å². The molecule has 1 unspecified atom stereocenters. The number of carbonyl (C=O) groups excluding carboxylic acids is 2. The van der Waals surface area contributed by atoms with Crippen molar-refractivity contribution in [2.75, 3.05) is 19.6 Å². The lowest BCUT2D eigenvalue weighted by Crippen LogP contribution is -2.38. The molecular weight excluding hydrogens is 242 g/mol. The third kappa shape index (κ3) is 5.59. The highest BCUT2D eigenvalue weighted by atomic mass is 16.2. The van der Waals surface area contributed by atoms with Crippen LogP contribution in [0.5, 0.6) is 0 Å². The zero-order valence-corrected chi connectivity index (χ0v) is 12.3. The van der Waals surface area contributed by atoms with Gasteiger partial charge in [-0.05, 0) is 31.2 Å². The van der Waals surface area contributed by atoms with Crippen molar-refractivity contribution >= 4 is 11.8 Å². The largest absolute Gasteiger partial charge is 0.352 e. The quantitative estimate of drug-likeness (QED) is 0.746. The molecule has 0 aromatic rings. The molecule has 0 saturated carbocycles. The van der Waals surface area contributed by atoms with E-state index in [0.29, 0.717) is 25.4 Å². The Labute approximate surface area is 115 Å². The van der Waals surface area contributed by atoms with Gasteiger partial charge in [-0.1, -0.05) is 13.8 Å². The molecule has 5 nitrogen and oxygen atoms in total. The van der Waals surface area contributed by atoms with Gasteiger partial charge >= 0.3 is 0 Å². The van der Waals surface area contributed by atoms with Crippen LogP contribution in [0.25, 0.3) is 0 Å². The second kappa shape index (κ2) is 7.48. The molecular formula is C14H27N3O2. The zero-order chi connectivity index (χ0) is 14.4. The first kappa shape index (κ1) is 16.0. The minimum absolute atomic E-state index is 0.0288. The number of nitrogens with zero attached hydrogens (tertiary/aromatic N) is 1. The predicted octanol–water partition coefficient (Wildman–Crippen LogP) is 0.735. The van der Waals surface area contributed by atoms with E-state index in [4.69, 9.17) is 5.73 Å². The highest BCUT2D eigenvalue weighted by Crippen LogP contribution is 2.18. The van der Waals surface area contributed by atoms with Crippen molar-refractivity contribution in [1.29, 1.82) is 0 Å². The third-order valence-electron chi connectivity index (χ3n) is 3.55. The second-order valence-corrected chi connectivity index (χ2v) is 5.96. The van der Waals surface area contributed by atoms with Gasteiger partial charge in [0.05, 0.1) is 0 Å². The van der Waals surface area contributed by atoms with E-state index in [1.807, 2.05) is 4.90 Å². The van der Waals surface area contributed by atoms with Gasteiger partial charge in [-0.3, -0.25) is 9.59 Å². The topological polar surface area (TPSA) is 75.4 Å². The van der Waals surface area contributed by atoms with Crippen LogP contribution in [0.4, 0.5) is 0 Å². The second-order valence-electron chi connectivity index (χ2n) is 5.96. The molecule has 1 rings (SSSR count). The van der Waals surface area contributed by atoms with Crippen molar-refractivity contribution in [3.8, 4) is 0 Å². The molecule has 2 amide bonds. The number of nitrogens with two attached hydrogens (primary N) is 1. The van der Waals surface area contributed by atoms with Gasteiger partial charge in [-0.2, -0.15) is 0 Å². The molecule has 1 heterocycles. The van der Waals surface area contributed by atoms with Gasteiger partial charge in [-0.15, -0.1) is 0 Å². The van der Waals surface area contributed by atoms with Crippen molar-refractivity contribution in [2.45, 2.75) is 46.1 Å². The first-order chi connectivity index (χ1) is 8.92. The summed E-state index contributed by atoms with van der Waals surface area (Å²) in [7, 11) is 0. The maximum Gasteiger partial charge on any atom is 0.222 e. The van der Waals surface area contributed by atoms with Gasteiger partial charge in [-0.25, -0.2) is 0 Å². The molecule has 2 atom stereocenters. The van der Waals surface area contributed by atoms with Crippen LogP contribution < -0.4 is 11.1 Å². The van der Waals surface area contributed by atoms with Gasteiger partial charge in [0.1, 0.15) is 0 Å². The molecule has 1 saturated heterocycles. The van der Waals surface area contributed by atoms with Crippen molar-refractivity contribution in [3.05, 3.63) is 0 Å². The van der Waals surface area contributed by atoms with E-state index in [9.17, 15) is 9.59 Å². The van der Waals surface area contributed by atoms with Crippen LogP contribution in [0.15, 0.2) is 0 Å². The molecule has 0 aromatic carbocycles. The van der Waals surface area contributed by atoms with Crippen LogP contribution in [0.1, 0.15) is 40.0 Å². The van der Waals surface area contributed by atoms with E-state index in [-0.39, 0.29) is 23.8 Å². The van der Waals surface area contributed by atoms with E-state index in [0.717, 1.165) is 19.4 Å². The van der Waals surface area contributed by atoms with Crippen LogP contribution in [0, 0.1) is 11.8 Å². The number of amides is 2. The molecule has 1 aliphatic heterocycles. The van der Waals surface area contributed by atoms with Crippen molar-refractivity contribution in [3.63, 3.8) is 0 Å². The summed E-state index contributed by atoms with van der Waals surface area (Å²) in [6.07, 6.45) is 2.37. The molecule has 19 heavy (non-hydrogen) atoms. The van der Waals surface area contributed by atoms with Gasteiger partial charge in [0.15, 0.2) is 0 Å². The molecule has 0 aliphatic carbocycles. The van der Waals surface area contributed by atoms with E-state index < -0.39 is 0 Å². The molecule has 3 N–H and O–H groups in total. The highest BCUT2D eigenvalue weighted by molar-refractivity contribution is 5.77. The maximum atomic E-state index is 12.2. The molecule has 0 bridgehead atoms. The molecule has 5 heteroatoms. The maximum absolute atomic E-state index is 12.2. The lowest BCUT2D eigenvalue weighted by atomic mass is 9.94. The fourth-order valence-corrected chi connectivity index (χ4v) is 2.70. The average molecular weight is 269 g/mol. The third-order valence-corrected chi connectivity index (χ3v) is 3.55. The molecule has 110 valence electrons. The number of hydrogen-bond donors (Lipinski definition) is 2. The Morgan fingerprint density at radius 2 is 2.11 bits per heavy atom. The summed E-state index contributed by atoms with van der Waals surface area (Å²) in [5.74, 6) is 0.974. The minimum Gasteiger partial charge on any atom is -0.352 e. The number of carbonyl (C=O) groups is 2. The monoisotopic (exact) mass is 269 g/mol. The molecule has 0 aromatic heterocycles. The van der Waals surface area contributed by atoms with Crippen LogP contribution in [-0.4, -0.2) is 42.4 Å². The number of rotatable bonds is 6. The zero-order valence-electron chi connectivity index (χ0n) is 12.3. The van der Waals surface area contributed by atoms with Crippen LogP contribution >= 0.6 is 0 Å². The molecule has 0 spiro atoms. The van der Waals surface area contributed by atoms with Crippen LogP contribution in [0.2, 0.25) is 0 Å². The Kier molecular flexibility index (Phi) is 6.28. The number of nitrogens with one attached hydrogen (secondary N) is 1. The van der Waals surface area contributed by atoms with Crippen molar-refractivity contribution < 1.29 is 9.59 Å². The fourth-order valence-electron chi connectivity index (χ4n) is 2.70. The van der Waals surface area contributed by atoms with Gasteiger partial charge in [0.2, 0.25) is 11.8 Å². The summed E-state index contributed by atoms with van der Waals surface area (Å²) in [4.78, 5) is 25.0. The Bertz CT molecular complexity index is 318. The predicted molar refractivity (Wildman–Crippen MR) is 75.4 cm³/mol. The van der Waals surface area contributed by atoms with Gasteiger partial charge in [0, 0.05) is 32.5 Å².